The van der Waals surface area contributed by atoms with Gasteiger partial charge in [0.05, 0.1) is 6.61 Å². The lowest BCUT2D eigenvalue weighted by Crippen LogP contribution is -2.44. The van der Waals surface area contributed by atoms with Gasteiger partial charge in [0.1, 0.15) is 0 Å². The first-order valence-electron chi connectivity index (χ1n) is 4.99. The number of hydrogen-bond acceptors (Lipinski definition) is 3. The Labute approximate surface area is 73.9 Å². The van der Waals surface area contributed by atoms with Crippen LogP contribution in [0.3, 0.4) is 0 Å². The summed E-state index contributed by atoms with van der Waals surface area (Å²) in [5.74, 6) is 0. The lowest BCUT2D eigenvalue weighted by Gasteiger charge is -2.26. The van der Waals surface area contributed by atoms with Crippen LogP contribution in [0.5, 0.6) is 0 Å². The smallest absolute Gasteiger partial charge is 0.0620 e. The van der Waals surface area contributed by atoms with E-state index in [0.717, 1.165) is 19.3 Å². The number of nitrogens with one attached hydrogen (secondary N) is 2. The molecule has 2 N–H and O–H groups in total. The molecule has 2 rings (SSSR count). The molecule has 2 aliphatic rings. The Hall–Kier alpha value is -0.120. The fourth-order valence-corrected chi connectivity index (χ4v) is 1.99. The molecule has 2 fully saturated rings. The summed E-state index contributed by atoms with van der Waals surface area (Å²) in [4.78, 5) is 0. The van der Waals surface area contributed by atoms with Gasteiger partial charge in [0, 0.05) is 18.7 Å². The van der Waals surface area contributed by atoms with Crippen LogP contribution in [-0.4, -0.2) is 38.4 Å². The molecule has 12 heavy (non-hydrogen) atoms. The summed E-state index contributed by atoms with van der Waals surface area (Å²) < 4.78 is 5.32. The molecular weight excluding hydrogens is 152 g/mol. The van der Waals surface area contributed by atoms with Crippen molar-refractivity contribution < 1.29 is 4.74 Å². The molecule has 0 radical (unpaired) electrons. The van der Waals surface area contributed by atoms with Gasteiger partial charge in [-0.2, -0.15) is 0 Å². The van der Waals surface area contributed by atoms with Gasteiger partial charge in [-0.05, 0) is 32.4 Å². The van der Waals surface area contributed by atoms with E-state index in [9.17, 15) is 0 Å². The summed E-state index contributed by atoms with van der Waals surface area (Å²) in [7, 11) is 0. The second-order valence-electron chi connectivity index (χ2n) is 3.75. The molecule has 2 heterocycles. The Morgan fingerprint density at radius 2 is 1.92 bits per heavy atom. The van der Waals surface area contributed by atoms with Gasteiger partial charge in [-0.25, -0.2) is 0 Å². The first kappa shape index (κ1) is 8.48. The van der Waals surface area contributed by atoms with E-state index in [1.54, 1.807) is 0 Å². The van der Waals surface area contributed by atoms with E-state index in [4.69, 9.17) is 4.74 Å². The Kier molecular flexibility index (Phi) is 2.98. The Morgan fingerprint density at radius 1 is 1.08 bits per heavy atom. The highest BCUT2D eigenvalue weighted by molar-refractivity contribution is 4.80. The molecule has 3 heteroatoms. The molecular formula is C9H18N2O. The van der Waals surface area contributed by atoms with Crippen molar-refractivity contribution in [2.75, 3.05) is 26.3 Å². The van der Waals surface area contributed by atoms with Crippen molar-refractivity contribution in [1.82, 2.24) is 10.6 Å². The van der Waals surface area contributed by atoms with Gasteiger partial charge in [0.25, 0.3) is 0 Å². The van der Waals surface area contributed by atoms with E-state index in [2.05, 4.69) is 10.6 Å². The molecule has 0 saturated carbocycles. The predicted octanol–water partition coefficient (Wildman–Crippen LogP) is 0.117. The van der Waals surface area contributed by atoms with E-state index >= 15 is 0 Å². The van der Waals surface area contributed by atoms with Gasteiger partial charge in [0.2, 0.25) is 0 Å². The second-order valence-corrected chi connectivity index (χ2v) is 3.75. The summed E-state index contributed by atoms with van der Waals surface area (Å²) in [6.07, 6.45) is 3.75. The molecule has 1 atom stereocenters. The normalized spacial score (nSPS) is 32.5. The van der Waals surface area contributed by atoms with Crippen LogP contribution in [0, 0.1) is 0 Å². The topological polar surface area (TPSA) is 33.3 Å². The summed E-state index contributed by atoms with van der Waals surface area (Å²) >= 11 is 0. The lowest BCUT2D eigenvalue weighted by molar-refractivity contribution is 0.186. The average molecular weight is 170 g/mol. The zero-order valence-electron chi connectivity index (χ0n) is 7.51. The maximum absolute atomic E-state index is 5.32. The quantitative estimate of drug-likeness (QED) is 0.617. The van der Waals surface area contributed by atoms with Crippen molar-refractivity contribution in [2.24, 2.45) is 0 Å². The van der Waals surface area contributed by atoms with Crippen LogP contribution in [-0.2, 0) is 4.74 Å². The van der Waals surface area contributed by atoms with Crippen LogP contribution in [0.1, 0.15) is 19.3 Å². The van der Waals surface area contributed by atoms with E-state index in [1.165, 1.54) is 32.4 Å². The van der Waals surface area contributed by atoms with Crippen LogP contribution in [0.25, 0.3) is 0 Å². The molecule has 0 aromatic carbocycles. The fourth-order valence-electron chi connectivity index (χ4n) is 1.99. The zero-order valence-corrected chi connectivity index (χ0v) is 7.51. The Balaban J connectivity index is 1.69. The number of piperidine rings is 1. The highest BCUT2D eigenvalue weighted by Crippen LogP contribution is 2.08. The molecule has 3 nitrogen and oxygen atoms in total. The van der Waals surface area contributed by atoms with Crippen LogP contribution in [0.15, 0.2) is 0 Å². The third-order valence-electron chi connectivity index (χ3n) is 2.74. The summed E-state index contributed by atoms with van der Waals surface area (Å²) in [5.41, 5.74) is 0. The van der Waals surface area contributed by atoms with Gasteiger partial charge in [0.15, 0.2) is 0 Å². The molecule has 0 bridgehead atoms. The van der Waals surface area contributed by atoms with Crippen molar-refractivity contribution in [3.63, 3.8) is 0 Å². The zero-order chi connectivity index (χ0) is 8.23. The maximum atomic E-state index is 5.32. The largest absolute Gasteiger partial charge is 0.380 e. The van der Waals surface area contributed by atoms with Crippen molar-refractivity contribution in [3.05, 3.63) is 0 Å². The summed E-state index contributed by atoms with van der Waals surface area (Å²) in [6, 6.07) is 1.37. The first-order valence-corrected chi connectivity index (χ1v) is 4.99. The molecule has 0 aromatic rings. The summed E-state index contributed by atoms with van der Waals surface area (Å²) in [6.45, 7) is 4.21. The number of ether oxygens (including phenoxy) is 1. The second kappa shape index (κ2) is 4.21. The standard InChI is InChI=1S/C9H18N2O/c1-4-10-5-2-8(1)11-9-3-6-12-7-9/h8-11H,1-7H2/t9-/m0/s1. The van der Waals surface area contributed by atoms with E-state index in [0.29, 0.717) is 6.04 Å². The maximum Gasteiger partial charge on any atom is 0.0620 e. The van der Waals surface area contributed by atoms with E-state index in [-0.39, 0.29) is 0 Å². The Bertz CT molecular complexity index is 128. The van der Waals surface area contributed by atoms with Gasteiger partial charge >= 0.3 is 0 Å². The van der Waals surface area contributed by atoms with Crippen LogP contribution < -0.4 is 10.6 Å². The molecule has 0 aromatic heterocycles. The minimum absolute atomic E-state index is 0.632. The fraction of sp³-hybridized carbons (Fsp3) is 1.00. The number of hydrogen-bond donors (Lipinski definition) is 2. The van der Waals surface area contributed by atoms with Gasteiger partial charge in [-0.3, -0.25) is 0 Å². The average Bonchev–Trinajstić information content (AvgIpc) is 2.59. The van der Waals surface area contributed by atoms with Crippen LogP contribution in [0.2, 0.25) is 0 Å². The van der Waals surface area contributed by atoms with Gasteiger partial charge in [-0.1, -0.05) is 0 Å². The monoisotopic (exact) mass is 170 g/mol. The lowest BCUT2D eigenvalue weighted by atomic mass is 10.1. The van der Waals surface area contributed by atoms with Gasteiger partial charge < -0.3 is 15.4 Å². The molecule has 0 unspecified atom stereocenters. The highest BCUT2D eigenvalue weighted by atomic mass is 16.5. The minimum Gasteiger partial charge on any atom is -0.380 e. The highest BCUT2D eigenvalue weighted by Gasteiger charge is 2.20. The third-order valence-corrected chi connectivity index (χ3v) is 2.74. The SMILES string of the molecule is C1CC(N[C@H]2CCOC2)CCN1. The van der Waals surface area contributed by atoms with Crippen LogP contribution >= 0.6 is 0 Å². The van der Waals surface area contributed by atoms with Crippen molar-refractivity contribution in [2.45, 2.75) is 31.3 Å². The summed E-state index contributed by atoms with van der Waals surface area (Å²) in [5, 5.41) is 7.02. The van der Waals surface area contributed by atoms with Crippen molar-refractivity contribution in [3.8, 4) is 0 Å². The van der Waals surface area contributed by atoms with Crippen molar-refractivity contribution >= 4 is 0 Å². The Morgan fingerprint density at radius 3 is 2.58 bits per heavy atom. The molecule has 0 amide bonds. The molecule has 0 spiro atoms. The van der Waals surface area contributed by atoms with Gasteiger partial charge in [-0.15, -0.1) is 0 Å². The number of rotatable bonds is 2. The van der Waals surface area contributed by atoms with Crippen LogP contribution in [0.4, 0.5) is 0 Å². The van der Waals surface area contributed by atoms with E-state index < -0.39 is 0 Å². The predicted molar refractivity (Wildman–Crippen MR) is 48.3 cm³/mol. The minimum atomic E-state index is 0.632. The molecule has 70 valence electrons. The third kappa shape index (κ3) is 2.19. The molecule has 0 aliphatic carbocycles. The van der Waals surface area contributed by atoms with E-state index in [1.807, 2.05) is 0 Å². The molecule has 2 aliphatic heterocycles. The first-order chi connectivity index (χ1) is 5.95. The molecule has 2 saturated heterocycles. The van der Waals surface area contributed by atoms with Crippen molar-refractivity contribution in [1.29, 1.82) is 0 Å².